The first-order valence-corrected chi connectivity index (χ1v) is 2.02. The van der Waals surface area contributed by atoms with Crippen molar-refractivity contribution in [1.82, 2.24) is 5.23 Å². The molecule has 1 N–H and O–H groups in total. The van der Waals surface area contributed by atoms with E-state index < -0.39 is 0 Å². The van der Waals surface area contributed by atoms with Crippen LogP contribution >= 0.6 is 0 Å². The molecule has 0 bridgehead atoms. The van der Waals surface area contributed by atoms with Gasteiger partial charge in [0.1, 0.15) is 0 Å². The maximum Gasteiger partial charge on any atom is 0.243 e. The number of amides is 1. The van der Waals surface area contributed by atoms with E-state index in [1.165, 1.54) is 6.08 Å². The predicted molar refractivity (Wildman–Crippen MR) is 30.0 cm³/mol. The second kappa shape index (κ2) is 3.46. The molecule has 0 saturated carbocycles. The fraction of sp³-hybridized carbons (Fsp3) is 0.250. The van der Waals surface area contributed by atoms with Crippen LogP contribution in [-0.2, 0) is 4.79 Å². The monoisotopic (exact) mass is 96.1 g/mol. The summed E-state index contributed by atoms with van der Waals surface area (Å²) in [6.07, 6.45) is 1.22. The van der Waals surface area contributed by atoms with Gasteiger partial charge in [0.2, 0.25) is 13.3 Å². The van der Waals surface area contributed by atoms with Gasteiger partial charge >= 0.3 is 0 Å². The zero-order valence-electron chi connectivity index (χ0n) is 4.27. The molecule has 7 heavy (non-hydrogen) atoms. The van der Waals surface area contributed by atoms with Crippen LogP contribution in [0.5, 0.6) is 0 Å². The van der Waals surface area contributed by atoms with Crippen LogP contribution in [0.2, 0.25) is 6.82 Å². The molecule has 0 aliphatic heterocycles. The molecule has 1 radical (unpaired) electrons. The van der Waals surface area contributed by atoms with Gasteiger partial charge in [-0.3, -0.25) is 4.79 Å². The number of carbonyl (C=O) groups is 1. The molecule has 2 nitrogen and oxygen atoms in total. The van der Waals surface area contributed by atoms with Gasteiger partial charge in [-0.05, 0) is 6.08 Å². The molecule has 0 spiro atoms. The minimum absolute atomic E-state index is 0.164. The van der Waals surface area contributed by atoms with Crippen molar-refractivity contribution in [3.63, 3.8) is 0 Å². The SMILES string of the molecule is C=CC(=O)N[B]C. The Kier molecular flexibility index (Phi) is 3.11. The van der Waals surface area contributed by atoms with E-state index in [4.69, 9.17) is 0 Å². The second-order valence-corrected chi connectivity index (χ2v) is 1.00. The lowest BCUT2D eigenvalue weighted by molar-refractivity contribution is -0.114. The first kappa shape index (κ1) is 6.27. The van der Waals surface area contributed by atoms with Gasteiger partial charge in [0, 0.05) is 0 Å². The minimum Gasteiger partial charge on any atom is -0.400 e. The highest BCUT2D eigenvalue weighted by molar-refractivity contribution is 6.36. The van der Waals surface area contributed by atoms with Gasteiger partial charge in [-0.25, -0.2) is 0 Å². The first-order valence-electron chi connectivity index (χ1n) is 2.02. The Morgan fingerprint density at radius 1 is 2.00 bits per heavy atom. The Morgan fingerprint density at radius 2 is 2.57 bits per heavy atom. The molecule has 0 aliphatic rings. The third kappa shape index (κ3) is 3.10. The van der Waals surface area contributed by atoms with Crippen LogP contribution in [0.25, 0.3) is 0 Å². The van der Waals surface area contributed by atoms with E-state index in [9.17, 15) is 4.79 Å². The summed E-state index contributed by atoms with van der Waals surface area (Å²) in [4.78, 5) is 10.2. The molecular weight excluding hydrogens is 88.9 g/mol. The van der Waals surface area contributed by atoms with Crippen molar-refractivity contribution in [1.29, 1.82) is 0 Å². The van der Waals surface area contributed by atoms with Crippen LogP contribution in [0.3, 0.4) is 0 Å². The molecule has 1 amide bonds. The normalized spacial score (nSPS) is 7.00. The van der Waals surface area contributed by atoms with Gasteiger partial charge in [-0.2, -0.15) is 0 Å². The van der Waals surface area contributed by atoms with Gasteiger partial charge in [-0.15, -0.1) is 0 Å². The van der Waals surface area contributed by atoms with Crippen molar-refractivity contribution in [2.24, 2.45) is 0 Å². The van der Waals surface area contributed by atoms with Crippen LogP contribution in [0.4, 0.5) is 0 Å². The number of nitrogens with one attached hydrogen (secondary N) is 1. The lowest BCUT2D eigenvalue weighted by Crippen LogP contribution is -2.22. The average molecular weight is 95.9 g/mol. The van der Waals surface area contributed by atoms with Crippen LogP contribution in [-0.4, -0.2) is 13.3 Å². The average Bonchev–Trinajstić information content (AvgIpc) is 1.68. The molecule has 0 rings (SSSR count). The zero-order chi connectivity index (χ0) is 5.70. The number of rotatable bonds is 2. The number of hydrogen-bond acceptors (Lipinski definition) is 1. The summed E-state index contributed by atoms with van der Waals surface area (Å²) in [6, 6.07) is 0. The molecular formula is C4H7BNO. The summed E-state index contributed by atoms with van der Waals surface area (Å²) >= 11 is 0. The van der Waals surface area contributed by atoms with E-state index >= 15 is 0 Å². The van der Waals surface area contributed by atoms with Gasteiger partial charge in [0.15, 0.2) is 0 Å². The highest BCUT2D eigenvalue weighted by Crippen LogP contribution is 1.60. The van der Waals surface area contributed by atoms with Crippen molar-refractivity contribution in [3.8, 4) is 0 Å². The maximum atomic E-state index is 10.2. The topological polar surface area (TPSA) is 29.1 Å². The van der Waals surface area contributed by atoms with Crippen LogP contribution in [0.15, 0.2) is 12.7 Å². The molecule has 0 fully saturated rings. The molecule has 0 aromatic rings. The highest BCUT2D eigenvalue weighted by atomic mass is 16.1. The summed E-state index contributed by atoms with van der Waals surface area (Å²) in [6.45, 7) is 4.98. The minimum atomic E-state index is -0.164. The molecule has 0 atom stereocenters. The Labute approximate surface area is 43.9 Å². The third-order valence-electron chi connectivity index (χ3n) is 0.472. The van der Waals surface area contributed by atoms with Crippen molar-refractivity contribution in [2.75, 3.05) is 0 Å². The fourth-order valence-corrected chi connectivity index (χ4v) is 0.201. The fourth-order valence-electron chi connectivity index (χ4n) is 0.201. The van der Waals surface area contributed by atoms with Crippen LogP contribution < -0.4 is 5.23 Å². The molecule has 0 aliphatic carbocycles. The molecule has 0 unspecified atom stereocenters. The van der Waals surface area contributed by atoms with Crippen molar-refractivity contribution in [3.05, 3.63) is 12.7 Å². The molecule has 0 saturated heterocycles. The first-order chi connectivity index (χ1) is 3.31. The zero-order valence-corrected chi connectivity index (χ0v) is 4.27. The molecule has 0 heterocycles. The summed E-state index contributed by atoms with van der Waals surface area (Å²) in [5.74, 6) is -0.164. The van der Waals surface area contributed by atoms with Gasteiger partial charge in [-0.1, -0.05) is 13.4 Å². The molecule has 37 valence electrons. The largest absolute Gasteiger partial charge is 0.400 e. The summed E-state index contributed by atoms with van der Waals surface area (Å²) in [7, 11) is 1.56. The Balaban J connectivity index is 3.17. The summed E-state index contributed by atoms with van der Waals surface area (Å²) in [5.41, 5.74) is 0. The van der Waals surface area contributed by atoms with Crippen molar-refractivity contribution < 1.29 is 4.79 Å². The number of carbonyl (C=O) groups excluding carboxylic acids is 1. The second-order valence-electron chi connectivity index (χ2n) is 1.00. The van der Waals surface area contributed by atoms with Gasteiger partial charge in [0.05, 0.1) is 0 Å². The maximum absolute atomic E-state index is 10.2. The summed E-state index contributed by atoms with van der Waals surface area (Å²) < 4.78 is 0. The molecule has 0 aromatic carbocycles. The highest BCUT2D eigenvalue weighted by Gasteiger charge is 1.85. The molecule has 3 heteroatoms. The van der Waals surface area contributed by atoms with E-state index in [2.05, 4.69) is 11.8 Å². The molecule has 0 aromatic heterocycles. The quantitative estimate of drug-likeness (QED) is 0.379. The smallest absolute Gasteiger partial charge is 0.243 e. The van der Waals surface area contributed by atoms with E-state index in [0.29, 0.717) is 0 Å². The predicted octanol–water partition coefficient (Wildman–Crippen LogP) is -0.0441. The van der Waals surface area contributed by atoms with Crippen molar-refractivity contribution >= 4 is 13.3 Å². The Bertz CT molecular complexity index is 81.8. The van der Waals surface area contributed by atoms with E-state index in [-0.39, 0.29) is 5.91 Å². The van der Waals surface area contributed by atoms with Crippen LogP contribution in [0, 0.1) is 0 Å². The van der Waals surface area contributed by atoms with E-state index in [0.717, 1.165) is 0 Å². The Morgan fingerprint density at radius 3 is 2.71 bits per heavy atom. The van der Waals surface area contributed by atoms with Crippen LogP contribution in [0.1, 0.15) is 0 Å². The Hall–Kier alpha value is -0.725. The van der Waals surface area contributed by atoms with E-state index in [1.807, 2.05) is 0 Å². The van der Waals surface area contributed by atoms with Crippen molar-refractivity contribution in [2.45, 2.75) is 6.82 Å². The van der Waals surface area contributed by atoms with E-state index in [1.54, 1.807) is 14.2 Å². The van der Waals surface area contributed by atoms with Gasteiger partial charge in [0.25, 0.3) is 0 Å². The lowest BCUT2D eigenvalue weighted by atomic mass is 10.0. The summed E-state index contributed by atoms with van der Waals surface area (Å²) in [5, 5.41) is 2.41. The van der Waals surface area contributed by atoms with Gasteiger partial charge < -0.3 is 5.23 Å². The third-order valence-corrected chi connectivity index (χ3v) is 0.472. The standard InChI is InChI=1S/C4H7BNO/c1-3-4(7)6-5-2/h3H,1H2,2H3,(H,6,7). The lowest BCUT2D eigenvalue weighted by Gasteiger charge is -1.88. The number of hydrogen-bond donors (Lipinski definition) is 1.